The zero-order chi connectivity index (χ0) is 21.0. The van der Waals surface area contributed by atoms with Crippen molar-refractivity contribution in [1.29, 1.82) is 0 Å². The van der Waals surface area contributed by atoms with Crippen molar-refractivity contribution in [1.82, 2.24) is 15.4 Å². The summed E-state index contributed by atoms with van der Waals surface area (Å²) >= 11 is 5.98. The number of aromatic nitrogens is 2. The van der Waals surface area contributed by atoms with Crippen LogP contribution in [0.25, 0.3) is 0 Å². The lowest BCUT2D eigenvalue weighted by molar-refractivity contribution is -0.385. The summed E-state index contributed by atoms with van der Waals surface area (Å²) in [6.07, 6.45) is 1.09. The topological polar surface area (TPSA) is 119 Å². The second-order valence-electron chi connectivity index (χ2n) is 6.04. The highest BCUT2D eigenvalue weighted by atomic mass is 35.5. The lowest BCUT2D eigenvalue weighted by Gasteiger charge is -2.11. The molecule has 0 aliphatic carbocycles. The van der Waals surface area contributed by atoms with Gasteiger partial charge in [0.15, 0.2) is 0 Å². The average Bonchev–Trinajstić information content (AvgIpc) is 2.69. The van der Waals surface area contributed by atoms with E-state index >= 15 is 0 Å². The molecule has 0 atom stereocenters. The molecular formula is C19H16ClN5O4. The molecule has 1 heterocycles. The van der Waals surface area contributed by atoms with Crippen LogP contribution >= 0.6 is 11.6 Å². The lowest BCUT2D eigenvalue weighted by atomic mass is 10.1. The summed E-state index contributed by atoms with van der Waals surface area (Å²) in [7, 11) is 0. The van der Waals surface area contributed by atoms with Gasteiger partial charge in [0.2, 0.25) is 5.82 Å². The van der Waals surface area contributed by atoms with Gasteiger partial charge < -0.3 is 4.74 Å². The number of carbonyl (C=O) groups excluding carboxylic acids is 1. The average molecular weight is 414 g/mol. The first kappa shape index (κ1) is 20.0. The van der Waals surface area contributed by atoms with Crippen molar-refractivity contribution in [2.24, 2.45) is 0 Å². The van der Waals surface area contributed by atoms with E-state index in [1.807, 2.05) is 19.9 Å². The number of hydrogen-bond donors (Lipinski definition) is 2. The molecule has 2 aromatic carbocycles. The molecule has 9 nitrogen and oxygen atoms in total. The van der Waals surface area contributed by atoms with Gasteiger partial charge >= 0.3 is 11.6 Å². The largest absolute Gasteiger partial charge is 0.434 e. The fourth-order valence-corrected chi connectivity index (χ4v) is 2.63. The van der Waals surface area contributed by atoms with E-state index in [-0.39, 0.29) is 22.3 Å². The van der Waals surface area contributed by atoms with Gasteiger partial charge in [-0.3, -0.25) is 25.8 Å². The molecule has 0 radical (unpaired) electrons. The van der Waals surface area contributed by atoms with E-state index in [1.54, 1.807) is 30.3 Å². The molecule has 3 rings (SSSR count). The summed E-state index contributed by atoms with van der Waals surface area (Å²) in [6, 6.07) is 11.7. The van der Waals surface area contributed by atoms with Crippen molar-refractivity contribution in [2.75, 3.05) is 5.43 Å². The van der Waals surface area contributed by atoms with E-state index < -0.39 is 16.5 Å². The number of amides is 1. The highest BCUT2D eigenvalue weighted by molar-refractivity contribution is 6.33. The third-order valence-corrected chi connectivity index (χ3v) is 4.41. The number of ether oxygens (including phenoxy) is 1. The van der Waals surface area contributed by atoms with Crippen molar-refractivity contribution in [3.05, 3.63) is 80.6 Å². The minimum atomic E-state index is -0.694. The first-order valence-corrected chi connectivity index (χ1v) is 8.80. The summed E-state index contributed by atoms with van der Waals surface area (Å²) in [6.45, 7) is 3.84. The molecule has 0 spiro atoms. The summed E-state index contributed by atoms with van der Waals surface area (Å²) in [5.74, 6) is -0.687. The quantitative estimate of drug-likeness (QED) is 0.459. The van der Waals surface area contributed by atoms with Gasteiger partial charge in [0, 0.05) is 0 Å². The fraction of sp³-hybridized carbons (Fsp3) is 0.105. The predicted molar refractivity (Wildman–Crippen MR) is 107 cm³/mol. The molecule has 0 fully saturated rings. The Labute approximate surface area is 170 Å². The molecular weight excluding hydrogens is 398 g/mol. The van der Waals surface area contributed by atoms with Gasteiger partial charge in [-0.1, -0.05) is 29.8 Å². The van der Waals surface area contributed by atoms with Gasteiger partial charge in [0.1, 0.15) is 12.1 Å². The number of hydrazine groups is 1. The van der Waals surface area contributed by atoms with Gasteiger partial charge in [0.05, 0.1) is 15.5 Å². The van der Waals surface area contributed by atoms with Crippen LogP contribution in [0.3, 0.4) is 0 Å². The third-order valence-electron chi connectivity index (χ3n) is 4.08. The van der Waals surface area contributed by atoms with Crippen LogP contribution in [-0.2, 0) is 0 Å². The van der Waals surface area contributed by atoms with Gasteiger partial charge in [0.25, 0.3) is 5.91 Å². The molecule has 148 valence electrons. The SMILES string of the molecule is Cc1ccc(Oc2ncnc(NNC(=O)c3ccccc3Cl)c2[N+](=O)[O-])cc1C. The van der Waals surface area contributed by atoms with E-state index in [0.717, 1.165) is 17.5 Å². The van der Waals surface area contributed by atoms with Crippen molar-refractivity contribution in [3.8, 4) is 11.6 Å². The normalized spacial score (nSPS) is 10.3. The smallest absolute Gasteiger partial charge is 0.374 e. The van der Waals surface area contributed by atoms with Gasteiger partial charge in [-0.2, -0.15) is 4.98 Å². The maximum atomic E-state index is 12.3. The molecule has 0 saturated heterocycles. The standard InChI is InChI=1S/C19H16ClN5O4/c1-11-7-8-13(9-12(11)2)29-19-16(25(27)28)17(21-10-22-19)23-24-18(26)14-5-3-4-6-15(14)20/h3-10H,1-2H3,(H,24,26)(H,21,22,23). The molecule has 0 unspecified atom stereocenters. The number of nitrogens with one attached hydrogen (secondary N) is 2. The van der Waals surface area contributed by atoms with Crippen molar-refractivity contribution in [3.63, 3.8) is 0 Å². The van der Waals surface area contributed by atoms with Crippen molar-refractivity contribution >= 4 is 29.0 Å². The highest BCUT2D eigenvalue weighted by Gasteiger charge is 2.26. The second-order valence-corrected chi connectivity index (χ2v) is 6.45. The number of anilines is 1. The maximum Gasteiger partial charge on any atom is 0.374 e. The van der Waals surface area contributed by atoms with Crippen LogP contribution in [0, 0.1) is 24.0 Å². The number of hydrogen-bond acceptors (Lipinski definition) is 7. The molecule has 0 aliphatic rings. The van der Waals surface area contributed by atoms with Crippen LogP contribution in [0.4, 0.5) is 11.5 Å². The fourth-order valence-electron chi connectivity index (χ4n) is 2.41. The molecule has 10 heteroatoms. The number of nitrogens with zero attached hydrogens (tertiary/aromatic N) is 3. The van der Waals surface area contributed by atoms with Crippen LogP contribution in [-0.4, -0.2) is 20.8 Å². The van der Waals surface area contributed by atoms with Crippen LogP contribution in [0.5, 0.6) is 11.6 Å². The number of carbonyl (C=O) groups is 1. The Kier molecular flexibility index (Phi) is 5.89. The minimum Gasteiger partial charge on any atom is -0.434 e. The highest BCUT2D eigenvalue weighted by Crippen LogP contribution is 2.34. The van der Waals surface area contributed by atoms with Gasteiger partial charge in [-0.25, -0.2) is 4.98 Å². The zero-order valence-electron chi connectivity index (χ0n) is 15.5. The second kappa shape index (κ2) is 8.53. The number of benzene rings is 2. The minimum absolute atomic E-state index is 0.199. The molecule has 1 amide bonds. The number of rotatable bonds is 6. The first-order valence-electron chi connectivity index (χ1n) is 8.42. The molecule has 29 heavy (non-hydrogen) atoms. The molecule has 2 N–H and O–H groups in total. The summed E-state index contributed by atoms with van der Waals surface area (Å²) < 4.78 is 5.59. The van der Waals surface area contributed by atoms with Crippen molar-refractivity contribution in [2.45, 2.75) is 13.8 Å². The lowest BCUT2D eigenvalue weighted by Crippen LogP contribution is -2.30. The van der Waals surface area contributed by atoms with E-state index in [9.17, 15) is 14.9 Å². The number of nitro groups is 1. The number of aryl methyl sites for hydroxylation is 2. The van der Waals surface area contributed by atoms with Gasteiger partial charge in [-0.05, 0) is 49.2 Å². The molecule has 0 aliphatic heterocycles. The first-order chi connectivity index (χ1) is 13.9. The maximum absolute atomic E-state index is 12.3. The van der Waals surface area contributed by atoms with E-state index in [0.29, 0.717) is 5.75 Å². The summed E-state index contributed by atoms with van der Waals surface area (Å²) in [5.41, 5.74) is 6.46. The third kappa shape index (κ3) is 4.58. The predicted octanol–water partition coefficient (Wildman–Crippen LogP) is 4.20. The molecule has 0 bridgehead atoms. The van der Waals surface area contributed by atoms with Crippen LogP contribution in [0.1, 0.15) is 21.5 Å². The van der Waals surface area contributed by atoms with Crippen LogP contribution in [0.15, 0.2) is 48.8 Å². The monoisotopic (exact) mass is 413 g/mol. The van der Waals surface area contributed by atoms with E-state index in [1.165, 1.54) is 6.07 Å². The summed E-state index contributed by atoms with van der Waals surface area (Å²) in [4.78, 5) is 30.9. The Morgan fingerprint density at radius 3 is 2.59 bits per heavy atom. The van der Waals surface area contributed by atoms with Gasteiger partial charge in [-0.15, -0.1) is 0 Å². The van der Waals surface area contributed by atoms with Crippen LogP contribution in [0.2, 0.25) is 5.02 Å². The molecule has 1 aromatic heterocycles. The van der Waals surface area contributed by atoms with Crippen LogP contribution < -0.4 is 15.6 Å². The Morgan fingerprint density at radius 1 is 1.14 bits per heavy atom. The Bertz CT molecular complexity index is 1090. The summed E-state index contributed by atoms with van der Waals surface area (Å²) in [5, 5.41) is 11.8. The van der Waals surface area contributed by atoms with Crippen molar-refractivity contribution < 1.29 is 14.5 Å². The number of halogens is 1. The van der Waals surface area contributed by atoms with E-state index in [4.69, 9.17) is 16.3 Å². The Hall–Kier alpha value is -3.72. The Balaban J connectivity index is 1.85. The Morgan fingerprint density at radius 2 is 1.90 bits per heavy atom. The zero-order valence-corrected chi connectivity index (χ0v) is 16.2. The molecule has 3 aromatic rings. The molecule has 0 saturated carbocycles. The van der Waals surface area contributed by atoms with E-state index in [2.05, 4.69) is 20.8 Å².